The van der Waals surface area contributed by atoms with Gasteiger partial charge in [0.25, 0.3) is 0 Å². The molecule has 3 rings (SSSR count). The van der Waals surface area contributed by atoms with E-state index in [1.165, 1.54) is 11.8 Å². The summed E-state index contributed by atoms with van der Waals surface area (Å²) >= 11 is 14.1. The fourth-order valence-electron chi connectivity index (χ4n) is 2.46. The van der Waals surface area contributed by atoms with Gasteiger partial charge in [-0.2, -0.15) is 5.10 Å². The monoisotopic (exact) mass is 378 g/mol. The van der Waals surface area contributed by atoms with Crippen LogP contribution in [0.15, 0.2) is 58.5 Å². The number of rotatable bonds is 5. The molecule has 1 aromatic heterocycles. The molecule has 6 heteroatoms. The highest BCUT2D eigenvalue weighted by Gasteiger charge is 2.20. The molecule has 0 saturated heterocycles. The van der Waals surface area contributed by atoms with Gasteiger partial charge < -0.3 is 4.74 Å². The van der Waals surface area contributed by atoms with Crippen molar-refractivity contribution in [2.75, 3.05) is 7.11 Å². The molecule has 0 amide bonds. The van der Waals surface area contributed by atoms with Crippen LogP contribution in [0.3, 0.4) is 0 Å². The first-order valence-electron chi connectivity index (χ1n) is 7.34. The Labute approximate surface area is 155 Å². The number of benzene rings is 2. The highest BCUT2D eigenvalue weighted by molar-refractivity contribution is 7.99. The van der Waals surface area contributed by atoms with Crippen LogP contribution in [0.4, 0.5) is 0 Å². The third-order valence-electron chi connectivity index (χ3n) is 3.54. The highest BCUT2D eigenvalue weighted by Crippen LogP contribution is 2.41. The van der Waals surface area contributed by atoms with Crippen LogP contribution in [0.1, 0.15) is 5.56 Å². The maximum atomic E-state index is 6.32. The van der Waals surface area contributed by atoms with Crippen LogP contribution in [0.25, 0.3) is 11.3 Å². The van der Waals surface area contributed by atoms with Crippen molar-refractivity contribution in [2.24, 2.45) is 7.05 Å². The molecule has 0 aliphatic rings. The molecule has 3 aromatic rings. The highest BCUT2D eigenvalue weighted by atomic mass is 35.5. The van der Waals surface area contributed by atoms with Crippen molar-refractivity contribution in [2.45, 2.75) is 16.5 Å². The Kier molecular flexibility index (Phi) is 5.51. The lowest BCUT2D eigenvalue weighted by Gasteiger charge is -2.09. The van der Waals surface area contributed by atoms with Crippen molar-refractivity contribution in [3.05, 3.63) is 64.1 Å². The lowest BCUT2D eigenvalue weighted by molar-refractivity contribution is 0.183. The Bertz CT molecular complexity index is 829. The fraction of sp³-hybridized carbons (Fsp3) is 0.167. The Morgan fingerprint density at radius 3 is 2.33 bits per heavy atom. The molecular weight excluding hydrogens is 363 g/mol. The molecular formula is C18H16Cl2N2OS. The van der Waals surface area contributed by atoms with E-state index in [4.69, 9.17) is 27.9 Å². The Morgan fingerprint density at radius 1 is 1.04 bits per heavy atom. The van der Waals surface area contributed by atoms with Crippen molar-refractivity contribution in [3.63, 3.8) is 0 Å². The van der Waals surface area contributed by atoms with Crippen LogP contribution in [0, 0.1) is 0 Å². The summed E-state index contributed by atoms with van der Waals surface area (Å²) < 4.78 is 7.26. The predicted octanol–water partition coefficient (Wildman–Crippen LogP) is 5.69. The number of aromatic nitrogens is 2. The number of nitrogens with zero attached hydrogens (tertiary/aromatic N) is 2. The molecule has 0 fully saturated rings. The van der Waals surface area contributed by atoms with E-state index >= 15 is 0 Å². The van der Waals surface area contributed by atoms with Gasteiger partial charge in [-0.25, -0.2) is 0 Å². The summed E-state index contributed by atoms with van der Waals surface area (Å²) in [6.07, 6.45) is 0. The average Bonchev–Trinajstić information content (AvgIpc) is 2.88. The summed E-state index contributed by atoms with van der Waals surface area (Å²) in [5.74, 6) is 0. The largest absolute Gasteiger partial charge is 0.380 e. The molecule has 0 radical (unpaired) electrons. The fourth-order valence-corrected chi connectivity index (χ4v) is 4.06. The Balaban J connectivity index is 2.09. The maximum Gasteiger partial charge on any atom is 0.105 e. The Hall–Kier alpha value is -1.46. The smallest absolute Gasteiger partial charge is 0.105 e. The zero-order valence-electron chi connectivity index (χ0n) is 13.3. The molecule has 3 nitrogen and oxygen atoms in total. The summed E-state index contributed by atoms with van der Waals surface area (Å²) in [7, 11) is 3.59. The van der Waals surface area contributed by atoms with Gasteiger partial charge in [0, 0.05) is 25.3 Å². The second-order valence-corrected chi connectivity index (χ2v) is 7.02. The summed E-state index contributed by atoms with van der Waals surface area (Å²) in [6.45, 7) is 0.461. The Morgan fingerprint density at radius 2 is 1.71 bits per heavy atom. The van der Waals surface area contributed by atoms with Crippen molar-refractivity contribution in [1.82, 2.24) is 9.78 Å². The zero-order chi connectivity index (χ0) is 17.1. The van der Waals surface area contributed by atoms with Gasteiger partial charge >= 0.3 is 0 Å². The molecule has 1 heterocycles. The van der Waals surface area contributed by atoms with Crippen molar-refractivity contribution >= 4 is 35.0 Å². The van der Waals surface area contributed by atoms with Gasteiger partial charge in [-0.05, 0) is 12.1 Å². The molecule has 0 unspecified atom stereocenters. The first kappa shape index (κ1) is 17.4. The topological polar surface area (TPSA) is 27.1 Å². The van der Waals surface area contributed by atoms with Crippen LogP contribution in [-0.4, -0.2) is 16.9 Å². The third kappa shape index (κ3) is 3.47. The van der Waals surface area contributed by atoms with E-state index in [-0.39, 0.29) is 0 Å². The van der Waals surface area contributed by atoms with E-state index in [2.05, 4.69) is 5.10 Å². The number of halogens is 2. The standard InChI is InChI=1S/C18H16Cl2N2OS/c1-22-18(24-17-14(19)9-6-10-15(17)20)13(11-23-2)16(21-22)12-7-4-3-5-8-12/h3-10H,11H2,1-2H3. The first-order valence-corrected chi connectivity index (χ1v) is 8.91. The summed E-state index contributed by atoms with van der Waals surface area (Å²) in [6, 6.07) is 15.6. The predicted molar refractivity (Wildman–Crippen MR) is 99.9 cm³/mol. The van der Waals surface area contributed by atoms with E-state index in [0.717, 1.165) is 26.7 Å². The molecule has 124 valence electrons. The minimum Gasteiger partial charge on any atom is -0.380 e. The summed E-state index contributed by atoms with van der Waals surface area (Å²) in [5, 5.41) is 6.90. The number of hydrogen-bond acceptors (Lipinski definition) is 3. The molecule has 0 aliphatic heterocycles. The summed E-state index contributed by atoms with van der Waals surface area (Å²) in [4.78, 5) is 0.820. The molecule has 0 bridgehead atoms. The molecule has 2 aromatic carbocycles. The normalized spacial score (nSPS) is 11.0. The van der Waals surface area contributed by atoms with Crippen LogP contribution in [0.2, 0.25) is 10.0 Å². The molecule has 0 aliphatic carbocycles. The number of ether oxygens (including phenoxy) is 1. The number of aryl methyl sites for hydroxylation is 1. The van der Waals surface area contributed by atoms with Gasteiger partial charge in [-0.15, -0.1) is 0 Å². The van der Waals surface area contributed by atoms with E-state index in [0.29, 0.717) is 16.7 Å². The quantitative estimate of drug-likeness (QED) is 0.570. The van der Waals surface area contributed by atoms with Gasteiger partial charge in [-0.1, -0.05) is 71.4 Å². The maximum absolute atomic E-state index is 6.32. The van der Waals surface area contributed by atoms with Crippen molar-refractivity contribution < 1.29 is 4.74 Å². The van der Waals surface area contributed by atoms with Gasteiger partial charge in [0.05, 0.1) is 27.2 Å². The minimum absolute atomic E-state index is 0.461. The van der Waals surface area contributed by atoms with E-state index < -0.39 is 0 Å². The van der Waals surface area contributed by atoms with Crippen molar-refractivity contribution in [1.29, 1.82) is 0 Å². The minimum atomic E-state index is 0.461. The van der Waals surface area contributed by atoms with Crippen LogP contribution < -0.4 is 0 Å². The van der Waals surface area contributed by atoms with Gasteiger partial charge in [0.1, 0.15) is 5.03 Å². The van der Waals surface area contributed by atoms with E-state index in [9.17, 15) is 0 Å². The molecule has 0 N–H and O–H groups in total. The molecule has 0 spiro atoms. The molecule has 24 heavy (non-hydrogen) atoms. The van der Waals surface area contributed by atoms with Gasteiger partial charge in [0.2, 0.25) is 0 Å². The number of methoxy groups -OCH3 is 1. The number of hydrogen-bond donors (Lipinski definition) is 0. The second kappa shape index (κ2) is 7.62. The second-order valence-electron chi connectivity index (χ2n) is 5.21. The van der Waals surface area contributed by atoms with E-state index in [1.807, 2.05) is 60.3 Å². The first-order chi connectivity index (χ1) is 11.6. The van der Waals surface area contributed by atoms with Gasteiger partial charge in [-0.3, -0.25) is 4.68 Å². The zero-order valence-corrected chi connectivity index (χ0v) is 15.6. The van der Waals surface area contributed by atoms with Gasteiger partial charge in [0.15, 0.2) is 0 Å². The van der Waals surface area contributed by atoms with E-state index in [1.54, 1.807) is 7.11 Å². The molecule has 0 saturated carbocycles. The van der Waals surface area contributed by atoms with Crippen LogP contribution >= 0.6 is 35.0 Å². The third-order valence-corrected chi connectivity index (χ3v) is 5.74. The van der Waals surface area contributed by atoms with Crippen LogP contribution in [0.5, 0.6) is 0 Å². The van der Waals surface area contributed by atoms with Crippen LogP contribution in [-0.2, 0) is 18.4 Å². The average molecular weight is 379 g/mol. The SMILES string of the molecule is COCc1c(-c2ccccc2)nn(C)c1Sc1c(Cl)cccc1Cl. The lowest BCUT2D eigenvalue weighted by atomic mass is 10.1. The van der Waals surface area contributed by atoms with Crippen molar-refractivity contribution in [3.8, 4) is 11.3 Å². The summed E-state index contributed by atoms with van der Waals surface area (Å²) in [5.41, 5.74) is 2.98. The molecule has 0 atom stereocenters. The lowest BCUT2D eigenvalue weighted by Crippen LogP contribution is -1.95.